The van der Waals surface area contributed by atoms with Crippen LogP contribution >= 0.6 is 0 Å². The highest BCUT2D eigenvalue weighted by Crippen LogP contribution is 2.10. The van der Waals surface area contributed by atoms with Gasteiger partial charge >= 0.3 is 0 Å². The predicted octanol–water partition coefficient (Wildman–Crippen LogP) is -0.138. The third-order valence-electron chi connectivity index (χ3n) is 3.54. The van der Waals surface area contributed by atoms with Crippen LogP contribution in [0.3, 0.4) is 0 Å². The van der Waals surface area contributed by atoms with Crippen LogP contribution in [0, 0.1) is 0 Å². The van der Waals surface area contributed by atoms with E-state index in [1.165, 1.54) is 0 Å². The maximum atomic E-state index is 11.9. The van der Waals surface area contributed by atoms with Crippen molar-refractivity contribution in [1.82, 2.24) is 15.5 Å². The Labute approximate surface area is 124 Å². The molecule has 2 amide bonds. The summed E-state index contributed by atoms with van der Waals surface area (Å²) >= 11 is 0. The van der Waals surface area contributed by atoms with Gasteiger partial charge in [0.05, 0.1) is 18.7 Å². The summed E-state index contributed by atoms with van der Waals surface area (Å²) in [6, 6.07) is 8.78. The highest BCUT2D eigenvalue weighted by molar-refractivity contribution is 5.96. The largest absolute Gasteiger partial charge is 0.378 e. The van der Waals surface area contributed by atoms with E-state index in [1.54, 1.807) is 31.4 Å². The van der Waals surface area contributed by atoms with Crippen LogP contribution in [0.1, 0.15) is 10.4 Å². The van der Waals surface area contributed by atoms with Crippen molar-refractivity contribution in [3.05, 3.63) is 35.9 Å². The molecule has 2 N–H and O–H groups in total. The van der Waals surface area contributed by atoms with E-state index in [9.17, 15) is 9.59 Å². The molecule has 0 unspecified atom stereocenters. The summed E-state index contributed by atoms with van der Waals surface area (Å²) in [5.74, 6) is -0.459. The number of likely N-dealkylation sites (N-methyl/N-ethyl adjacent to an activating group) is 1. The van der Waals surface area contributed by atoms with E-state index in [4.69, 9.17) is 4.74 Å². The van der Waals surface area contributed by atoms with Gasteiger partial charge in [-0.15, -0.1) is 0 Å². The van der Waals surface area contributed by atoms with Crippen molar-refractivity contribution in [2.75, 3.05) is 33.8 Å². The summed E-state index contributed by atoms with van der Waals surface area (Å²) in [7, 11) is 3.62. The maximum absolute atomic E-state index is 11.9. The molecule has 0 saturated carbocycles. The zero-order valence-corrected chi connectivity index (χ0v) is 12.3. The summed E-state index contributed by atoms with van der Waals surface area (Å²) in [5.41, 5.74) is 0.542. The molecule has 0 aromatic heterocycles. The number of nitrogens with zero attached hydrogens (tertiary/aromatic N) is 1. The lowest BCUT2D eigenvalue weighted by Gasteiger charge is -2.18. The molecule has 1 aromatic rings. The summed E-state index contributed by atoms with van der Waals surface area (Å²) in [5, 5.41) is 5.51. The fraction of sp³-hybridized carbons (Fsp3) is 0.467. The summed E-state index contributed by atoms with van der Waals surface area (Å²) < 4.78 is 5.35. The monoisotopic (exact) mass is 291 g/mol. The van der Waals surface area contributed by atoms with E-state index >= 15 is 0 Å². The molecule has 1 fully saturated rings. The maximum Gasteiger partial charge on any atom is 0.251 e. The number of ether oxygens (including phenoxy) is 1. The van der Waals surface area contributed by atoms with Crippen molar-refractivity contribution < 1.29 is 14.3 Å². The Morgan fingerprint density at radius 1 is 1.29 bits per heavy atom. The Balaban J connectivity index is 1.79. The van der Waals surface area contributed by atoms with E-state index in [2.05, 4.69) is 15.5 Å². The van der Waals surface area contributed by atoms with E-state index in [0.29, 0.717) is 5.56 Å². The second kappa shape index (κ2) is 7.19. The number of benzene rings is 1. The Hall–Kier alpha value is -1.92. The van der Waals surface area contributed by atoms with Crippen LogP contribution in [-0.4, -0.2) is 62.7 Å². The molecule has 21 heavy (non-hydrogen) atoms. The zero-order valence-electron chi connectivity index (χ0n) is 12.3. The van der Waals surface area contributed by atoms with Gasteiger partial charge in [-0.05, 0) is 19.2 Å². The van der Waals surface area contributed by atoms with Gasteiger partial charge in [-0.1, -0.05) is 18.2 Å². The first-order valence-electron chi connectivity index (χ1n) is 6.94. The molecular formula is C15H21N3O3. The van der Waals surface area contributed by atoms with Crippen LogP contribution in [0.5, 0.6) is 0 Å². The Bertz CT molecular complexity index is 492. The van der Waals surface area contributed by atoms with Gasteiger partial charge in [0.2, 0.25) is 5.91 Å². The SMILES string of the molecule is CO[C@H]1CN(C)C[C@@H]1NC(=O)CNC(=O)c1ccccc1. The van der Waals surface area contributed by atoms with E-state index in [1.807, 2.05) is 13.1 Å². The van der Waals surface area contributed by atoms with Crippen molar-refractivity contribution >= 4 is 11.8 Å². The van der Waals surface area contributed by atoms with Gasteiger partial charge in [-0.2, -0.15) is 0 Å². The second-order valence-corrected chi connectivity index (χ2v) is 5.22. The van der Waals surface area contributed by atoms with Crippen LogP contribution in [0.15, 0.2) is 30.3 Å². The number of carbonyl (C=O) groups excluding carboxylic acids is 2. The molecular weight excluding hydrogens is 270 g/mol. The first-order chi connectivity index (χ1) is 10.1. The van der Waals surface area contributed by atoms with Crippen LogP contribution in [0.4, 0.5) is 0 Å². The van der Waals surface area contributed by atoms with Gasteiger partial charge in [0.15, 0.2) is 0 Å². The molecule has 1 heterocycles. The molecule has 0 aliphatic carbocycles. The van der Waals surface area contributed by atoms with E-state index in [0.717, 1.165) is 13.1 Å². The minimum absolute atomic E-state index is 0.0104. The average molecular weight is 291 g/mol. The molecule has 6 nitrogen and oxygen atoms in total. The minimum Gasteiger partial charge on any atom is -0.378 e. The number of methoxy groups -OCH3 is 1. The van der Waals surface area contributed by atoms with E-state index in [-0.39, 0.29) is 30.5 Å². The number of nitrogens with one attached hydrogen (secondary N) is 2. The molecule has 2 rings (SSSR count). The molecule has 0 bridgehead atoms. The standard InChI is InChI=1S/C15H21N3O3/c1-18-9-12(13(10-18)21-2)17-14(19)8-16-15(20)11-6-4-3-5-7-11/h3-7,12-13H,8-10H2,1-2H3,(H,16,20)(H,17,19)/t12-,13-/m0/s1. The normalized spacial score (nSPS) is 22.0. The fourth-order valence-electron chi connectivity index (χ4n) is 2.45. The van der Waals surface area contributed by atoms with Gasteiger partial charge in [-0.3, -0.25) is 9.59 Å². The number of hydrogen-bond acceptors (Lipinski definition) is 4. The zero-order chi connectivity index (χ0) is 15.2. The summed E-state index contributed by atoms with van der Waals surface area (Å²) in [6.07, 6.45) is -0.0104. The highest BCUT2D eigenvalue weighted by atomic mass is 16.5. The molecule has 1 aromatic carbocycles. The predicted molar refractivity (Wildman–Crippen MR) is 79.0 cm³/mol. The smallest absolute Gasteiger partial charge is 0.251 e. The second-order valence-electron chi connectivity index (χ2n) is 5.22. The van der Waals surface area contributed by atoms with Crippen LogP contribution in [-0.2, 0) is 9.53 Å². The Kier molecular flexibility index (Phi) is 5.30. The van der Waals surface area contributed by atoms with E-state index < -0.39 is 0 Å². The van der Waals surface area contributed by atoms with Gasteiger partial charge in [0.1, 0.15) is 0 Å². The van der Waals surface area contributed by atoms with Crippen molar-refractivity contribution in [2.45, 2.75) is 12.1 Å². The number of likely N-dealkylation sites (tertiary alicyclic amines) is 1. The molecule has 2 atom stereocenters. The quantitative estimate of drug-likeness (QED) is 0.792. The van der Waals surface area contributed by atoms with Crippen LogP contribution < -0.4 is 10.6 Å². The van der Waals surface area contributed by atoms with Crippen molar-refractivity contribution in [3.63, 3.8) is 0 Å². The van der Waals surface area contributed by atoms with Gasteiger partial charge in [0.25, 0.3) is 5.91 Å². The van der Waals surface area contributed by atoms with Crippen molar-refractivity contribution in [2.24, 2.45) is 0 Å². The number of hydrogen-bond donors (Lipinski definition) is 2. The first-order valence-corrected chi connectivity index (χ1v) is 6.94. The molecule has 114 valence electrons. The lowest BCUT2D eigenvalue weighted by atomic mass is 10.2. The molecule has 0 spiro atoms. The van der Waals surface area contributed by atoms with Gasteiger partial charge in [-0.25, -0.2) is 0 Å². The summed E-state index contributed by atoms with van der Waals surface area (Å²) in [4.78, 5) is 25.8. The minimum atomic E-state index is -0.252. The fourth-order valence-corrected chi connectivity index (χ4v) is 2.45. The molecule has 6 heteroatoms. The number of rotatable bonds is 5. The molecule has 1 aliphatic heterocycles. The molecule has 1 aliphatic rings. The lowest BCUT2D eigenvalue weighted by Crippen LogP contribution is -2.47. The first kappa shape index (κ1) is 15.5. The van der Waals surface area contributed by atoms with Crippen LogP contribution in [0.2, 0.25) is 0 Å². The highest BCUT2D eigenvalue weighted by Gasteiger charge is 2.31. The van der Waals surface area contributed by atoms with Gasteiger partial charge < -0.3 is 20.3 Å². The third kappa shape index (κ3) is 4.27. The summed E-state index contributed by atoms with van der Waals surface area (Å²) in [6.45, 7) is 1.50. The van der Waals surface area contributed by atoms with Crippen molar-refractivity contribution in [3.8, 4) is 0 Å². The molecule has 0 radical (unpaired) electrons. The van der Waals surface area contributed by atoms with Crippen molar-refractivity contribution in [1.29, 1.82) is 0 Å². The number of carbonyl (C=O) groups is 2. The number of amides is 2. The average Bonchev–Trinajstić information content (AvgIpc) is 2.85. The topological polar surface area (TPSA) is 70.7 Å². The Morgan fingerprint density at radius 3 is 2.67 bits per heavy atom. The third-order valence-corrected chi connectivity index (χ3v) is 3.54. The van der Waals surface area contributed by atoms with Crippen LogP contribution in [0.25, 0.3) is 0 Å². The molecule has 1 saturated heterocycles. The van der Waals surface area contributed by atoms with Gasteiger partial charge in [0, 0.05) is 25.8 Å². The lowest BCUT2D eigenvalue weighted by molar-refractivity contribution is -0.121. The Morgan fingerprint density at radius 2 is 2.00 bits per heavy atom.